The largest absolute Gasteiger partial charge is 0.368 e. The molecule has 0 spiro atoms. The molecular weight excluding hydrogens is 520 g/mol. The van der Waals surface area contributed by atoms with Crippen molar-refractivity contribution in [1.29, 1.82) is 0 Å². The highest BCUT2D eigenvalue weighted by molar-refractivity contribution is 6.04. The fraction of sp³-hybridized carbons (Fsp3) is 0.355. The van der Waals surface area contributed by atoms with Crippen LogP contribution in [0.15, 0.2) is 72.8 Å². The van der Waals surface area contributed by atoms with Crippen LogP contribution in [0.2, 0.25) is 0 Å². The zero-order valence-electron chi connectivity index (χ0n) is 23.1. The first-order chi connectivity index (χ1) is 19.9. The van der Waals surface area contributed by atoms with Gasteiger partial charge in [-0.05, 0) is 48.7 Å². The number of anilines is 3. The first-order valence-corrected chi connectivity index (χ1v) is 14.2. The lowest BCUT2D eigenvalue weighted by molar-refractivity contribution is -0.384. The number of hydrogen-bond donors (Lipinski definition) is 3. The number of amides is 3. The molecule has 10 nitrogen and oxygen atoms in total. The summed E-state index contributed by atoms with van der Waals surface area (Å²) in [6, 6.07) is 21.1. The summed E-state index contributed by atoms with van der Waals surface area (Å²) in [4.78, 5) is 41.3. The first-order valence-electron chi connectivity index (χ1n) is 14.2. The third kappa shape index (κ3) is 7.61. The van der Waals surface area contributed by atoms with Gasteiger partial charge in [-0.25, -0.2) is 4.79 Å². The van der Waals surface area contributed by atoms with Crippen molar-refractivity contribution in [2.45, 2.75) is 44.7 Å². The number of urea groups is 1. The van der Waals surface area contributed by atoms with E-state index in [9.17, 15) is 19.7 Å². The number of piperazine rings is 1. The van der Waals surface area contributed by atoms with Gasteiger partial charge >= 0.3 is 6.03 Å². The molecule has 5 rings (SSSR count). The second kappa shape index (κ2) is 13.3. The van der Waals surface area contributed by atoms with Crippen LogP contribution in [0.1, 0.15) is 48.0 Å². The minimum absolute atomic E-state index is 0.0546. The summed E-state index contributed by atoms with van der Waals surface area (Å²) in [7, 11) is 0. The second-order valence-corrected chi connectivity index (χ2v) is 10.7. The standard InChI is InChI=1S/C31H36N6O4/c38-30(32-24-9-5-2-6-10-24)28-21-26(34-31(39)33-25-11-14-27(15-12-25)37(40)41)13-16-29(28)36-19-17-35(18-20-36)22-23-7-3-1-4-8-23/h1,3-4,7-8,11-16,21,24H,2,5-6,9-10,17-20,22H2,(H,32,38)(H2,33,34,39). The predicted octanol–water partition coefficient (Wildman–Crippen LogP) is 5.62. The van der Waals surface area contributed by atoms with Crippen LogP contribution in [0.3, 0.4) is 0 Å². The summed E-state index contributed by atoms with van der Waals surface area (Å²) < 4.78 is 0. The van der Waals surface area contributed by atoms with Crippen molar-refractivity contribution < 1.29 is 14.5 Å². The molecule has 41 heavy (non-hydrogen) atoms. The van der Waals surface area contributed by atoms with Crippen LogP contribution < -0.4 is 20.9 Å². The van der Waals surface area contributed by atoms with Crippen LogP contribution in [0.4, 0.5) is 27.5 Å². The van der Waals surface area contributed by atoms with Crippen molar-refractivity contribution >= 4 is 34.7 Å². The van der Waals surface area contributed by atoms with Gasteiger partial charge in [0.15, 0.2) is 0 Å². The average molecular weight is 557 g/mol. The van der Waals surface area contributed by atoms with E-state index in [1.807, 2.05) is 12.1 Å². The smallest absolute Gasteiger partial charge is 0.323 e. The lowest BCUT2D eigenvalue weighted by Crippen LogP contribution is -2.46. The van der Waals surface area contributed by atoms with Gasteiger partial charge in [0.1, 0.15) is 0 Å². The molecule has 214 valence electrons. The van der Waals surface area contributed by atoms with Gasteiger partial charge in [-0.1, -0.05) is 49.6 Å². The number of benzene rings is 3. The molecule has 2 fully saturated rings. The molecule has 3 aromatic rings. The number of hydrogen-bond acceptors (Lipinski definition) is 6. The molecule has 1 heterocycles. The van der Waals surface area contributed by atoms with Gasteiger partial charge in [-0.15, -0.1) is 0 Å². The molecule has 3 N–H and O–H groups in total. The summed E-state index contributed by atoms with van der Waals surface area (Å²) in [5, 5.41) is 19.6. The molecule has 3 amide bonds. The van der Waals surface area contributed by atoms with E-state index in [0.29, 0.717) is 16.9 Å². The molecule has 0 aromatic heterocycles. The molecule has 2 aliphatic rings. The zero-order valence-corrected chi connectivity index (χ0v) is 23.1. The van der Waals surface area contributed by atoms with Gasteiger partial charge in [0, 0.05) is 68.0 Å². The van der Waals surface area contributed by atoms with Crippen molar-refractivity contribution in [3.8, 4) is 0 Å². The Balaban J connectivity index is 1.28. The van der Waals surface area contributed by atoms with E-state index < -0.39 is 11.0 Å². The van der Waals surface area contributed by atoms with Crippen molar-refractivity contribution in [2.24, 2.45) is 0 Å². The fourth-order valence-electron chi connectivity index (χ4n) is 5.53. The molecule has 0 unspecified atom stereocenters. The topological polar surface area (TPSA) is 120 Å². The van der Waals surface area contributed by atoms with Crippen LogP contribution in [0, 0.1) is 10.1 Å². The molecule has 0 bridgehead atoms. The highest BCUT2D eigenvalue weighted by Crippen LogP contribution is 2.27. The number of non-ortho nitro benzene ring substituents is 1. The van der Waals surface area contributed by atoms with E-state index in [2.05, 4.69) is 50.0 Å². The van der Waals surface area contributed by atoms with Gasteiger partial charge in [0.25, 0.3) is 11.6 Å². The van der Waals surface area contributed by atoms with Gasteiger partial charge in [-0.3, -0.25) is 19.8 Å². The summed E-state index contributed by atoms with van der Waals surface area (Å²) in [6.07, 6.45) is 5.40. The van der Waals surface area contributed by atoms with Crippen molar-refractivity contribution in [1.82, 2.24) is 10.2 Å². The van der Waals surface area contributed by atoms with Gasteiger partial charge in [-0.2, -0.15) is 0 Å². The summed E-state index contributed by atoms with van der Waals surface area (Å²) >= 11 is 0. The maximum absolute atomic E-state index is 13.6. The van der Waals surface area contributed by atoms with Crippen LogP contribution in [-0.4, -0.2) is 54.0 Å². The molecule has 1 saturated carbocycles. The molecule has 10 heteroatoms. The molecule has 1 saturated heterocycles. The zero-order chi connectivity index (χ0) is 28.6. The Kier molecular flexibility index (Phi) is 9.10. The normalized spacial score (nSPS) is 16.1. The highest BCUT2D eigenvalue weighted by Gasteiger charge is 2.24. The Bertz CT molecular complexity index is 1350. The number of carbonyl (C=O) groups excluding carboxylic acids is 2. The fourth-order valence-corrected chi connectivity index (χ4v) is 5.53. The summed E-state index contributed by atoms with van der Waals surface area (Å²) in [5.74, 6) is -0.127. The predicted molar refractivity (Wildman–Crippen MR) is 160 cm³/mol. The second-order valence-electron chi connectivity index (χ2n) is 10.7. The van der Waals surface area contributed by atoms with Crippen LogP contribution in [0.25, 0.3) is 0 Å². The Morgan fingerprint density at radius 3 is 2.17 bits per heavy atom. The Labute approximate surface area is 239 Å². The molecular formula is C31H36N6O4. The summed E-state index contributed by atoms with van der Waals surface area (Å²) in [6.45, 7) is 4.26. The average Bonchev–Trinajstić information content (AvgIpc) is 2.99. The summed E-state index contributed by atoms with van der Waals surface area (Å²) in [5.41, 5.74) is 3.55. The number of nitrogens with one attached hydrogen (secondary N) is 3. The van der Waals surface area contributed by atoms with E-state index in [-0.39, 0.29) is 17.6 Å². The number of nitro benzene ring substituents is 1. The maximum atomic E-state index is 13.6. The molecule has 1 aliphatic heterocycles. The van der Waals surface area contributed by atoms with Crippen molar-refractivity contribution in [3.63, 3.8) is 0 Å². The van der Waals surface area contributed by atoms with E-state index in [1.54, 1.807) is 12.1 Å². The number of rotatable bonds is 8. The van der Waals surface area contributed by atoms with Crippen LogP contribution in [0.5, 0.6) is 0 Å². The number of carbonyl (C=O) groups is 2. The van der Waals surface area contributed by atoms with Crippen LogP contribution in [-0.2, 0) is 6.54 Å². The number of nitrogens with zero attached hydrogens (tertiary/aromatic N) is 3. The van der Waals surface area contributed by atoms with E-state index >= 15 is 0 Å². The maximum Gasteiger partial charge on any atom is 0.323 e. The Morgan fingerprint density at radius 1 is 0.829 bits per heavy atom. The Morgan fingerprint density at radius 2 is 1.49 bits per heavy atom. The molecule has 3 aromatic carbocycles. The highest BCUT2D eigenvalue weighted by atomic mass is 16.6. The van der Waals surface area contributed by atoms with Crippen molar-refractivity contribution in [2.75, 3.05) is 41.7 Å². The van der Waals surface area contributed by atoms with E-state index in [0.717, 1.165) is 64.1 Å². The third-order valence-electron chi connectivity index (χ3n) is 7.74. The molecule has 0 atom stereocenters. The van der Waals surface area contributed by atoms with E-state index in [1.165, 1.54) is 36.2 Å². The SMILES string of the molecule is O=C(Nc1ccc([N+](=O)[O-])cc1)Nc1ccc(N2CCN(Cc3ccccc3)CC2)c(C(=O)NC2CCCCC2)c1. The monoisotopic (exact) mass is 556 g/mol. The van der Waals surface area contributed by atoms with Crippen LogP contribution >= 0.6 is 0 Å². The van der Waals surface area contributed by atoms with Gasteiger partial charge in [0.05, 0.1) is 10.5 Å². The van der Waals surface area contributed by atoms with E-state index in [4.69, 9.17) is 0 Å². The first kappa shape index (κ1) is 28.1. The lowest BCUT2D eigenvalue weighted by Gasteiger charge is -2.37. The molecule has 0 radical (unpaired) electrons. The van der Waals surface area contributed by atoms with Crippen molar-refractivity contribution in [3.05, 3.63) is 94.0 Å². The Hall–Kier alpha value is -4.44. The third-order valence-corrected chi connectivity index (χ3v) is 7.74. The van der Waals surface area contributed by atoms with Gasteiger partial charge in [0.2, 0.25) is 0 Å². The molecule has 1 aliphatic carbocycles. The lowest BCUT2D eigenvalue weighted by atomic mass is 9.95. The minimum Gasteiger partial charge on any atom is -0.368 e. The van der Waals surface area contributed by atoms with Gasteiger partial charge < -0.3 is 20.9 Å². The quantitative estimate of drug-likeness (QED) is 0.245. The minimum atomic E-state index is -0.500. The number of nitro groups is 1.